The van der Waals surface area contributed by atoms with Crippen molar-refractivity contribution in [3.63, 3.8) is 0 Å². The maximum absolute atomic E-state index is 11.0. The normalized spacial score (nSPS) is 14.2. The summed E-state index contributed by atoms with van der Waals surface area (Å²) in [6.07, 6.45) is 4.29. The SMILES string of the molecule is CCCC[C@](O)(Cc1nc[nH]n1)c1ccc(Cl)cc1Cl. The summed E-state index contributed by atoms with van der Waals surface area (Å²) in [5.41, 5.74) is -0.415. The summed E-state index contributed by atoms with van der Waals surface area (Å²) in [6, 6.07) is 5.15. The van der Waals surface area contributed by atoms with Gasteiger partial charge in [0.05, 0.1) is 5.60 Å². The Morgan fingerprint density at radius 3 is 2.75 bits per heavy atom. The number of hydrogen-bond acceptors (Lipinski definition) is 3. The predicted molar refractivity (Wildman–Crippen MR) is 80.0 cm³/mol. The van der Waals surface area contributed by atoms with E-state index >= 15 is 0 Å². The summed E-state index contributed by atoms with van der Waals surface area (Å²) < 4.78 is 0. The van der Waals surface area contributed by atoms with Crippen LogP contribution in [0, 0.1) is 0 Å². The van der Waals surface area contributed by atoms with Gasteiger partial charge in [0.2, 0.25) is 0 Å². The van der Waals surface area contributed by atoms with Crippen molar-refractivity contribution < 1.29 is 5.11 Å². The van der Waals surface area contributed by atoms with E-state index < -0.39 is 5.60 Å². The van der Waals surface area contributed by atoms with Crippen molar-refractivity contribution in [1.29, 1.82) is 0 Å². The van der Waals surface area contributed by atoms with Gasteiger partial charge in [0.25, 0.3) is 0 Å². The third kappa shape index (κ3) is 3.51. The molecule has 0 amide bonds. The average molecular weight is 314 g/mol. The number of unbranched alkanes of at least 4 members (excludes halogenated alkanes) is 1. The molecule has 1 atom stereocenters. The van der Waals surface area contributed by atoms with Gasteiger partial charge in [-0.2, -0.15) is 5.10 Å². The van der Waals surface area contributed by atoms with E-state index in [4.69, 9.17) is 23.2 Å². The molecule has 0 radical (unpaired) electrons. The first-order valence-electron chi connectivity index (χ1n) is 6.58. The Morgan fingerprint density at radius 2 is 2.15 bits per heavy atom. The van der Waals surface area contributed by atoms with Crippen molar-refractivity contribution in [2.75, 3.05) is 0 Å². The third-order valence-corrected chi connectivity index (χ3v) is 3.84. The minimum absolute atomic E-state index is 0.317. The van der Waals surface area contributed by atoms with Gasteiger partial charge in [0, 0.05) is 22.0 Å². The van der Waals surface area contributed by atoms with Crippen molar-refractivity contribution in [3.05, 3.63) is 46.0 Å². The molecule has 1 aromatic heterocycles. The van der Waals surface area contributed by atoms with Gasteiger partial charge in [-0.05, 0) is 18.6 Å². The van der Waals surface area contributed by atoms with E-state index in [-0.39, 0.29) is 0 Å². The zero-order chi connectivity index (χ0) is 14.6. The van der Waals surface area contributed by atoms with Crippen LogP contribution in [-0.2, 0) is 12.0 Å². The largest absolute Gasteiger partial charge is 0.385 e. The van der Waals surface area contributed by atoms with Gasteiger partial charge in [-0.15, -0.1) is 0 Å². The van der Waals surface area contributed by atoms with Crippen LogP contribution in [0.4, 0.5) is 0 Å². The summed E-state index contributed by atoms with van der Waals surface area (Å²) in [5.74, 6) is 0.564. The summed E-state index contributed by atoms with van der Waals surface area (Å²) in [4.78, 5) is 4.09. The second-order valence-corrected chi connectivity index (χ2v) is 5.70. The van der Waals surface area contributed by atoms with Crippen molar-refractivity contribution in [2.45, 2.75) is 38.2 Å². The minimum Gasteiger partial charge on any atom is -0.385 e. The van der Waals surface area contributed by atoms with Crippen molar-refractivity contribution >= 4 is 23.2 Å². The van der Waals surface area contributed by atoms with Crippen LogP contribution in [0.5, 0.6) is 0 Å². The molecule has 0 spiro atoms. The first-order chi connectivity index (χ1) is 9.55. The van der Waals surface area contributed by atoms with E-state index in [0.29, 0.717) is 34.3 Å². The Hall–Kier alpha value is -1.10. The number of nitrogens with zero attached hydrogens (tertiary/aromatic N) is 2. The van der Waals surface area contributed by atoms with Crippen LogP contribution in [-0.4, -0.2) is 20.3 Å². The van der Waals surface area contributed by atoms with Gasteiger partial charge in [-0.3, -0.25) is 5.10 Å². The second kappa shape index (κ2) is 6.57. The third-order valence-electron chi connectivity index (χ3n) is 3.29. The molecular formula is C14H17Cl2N3O. The lowest BCUT2D eigenvalue weighted by atomic mass is 9.85. The summed E-state index contributed by atoms with van der Waals surface area (Å²) >= 11 is 12.2. The molecular weight excluding hydrogens is 297 g/mol. The molecule has 2 aromatic rings. The van der Waals surface area contributed by atoms with E-state index in [0.717, 1.165) is 12.8 Å². The number of nitrogens with one attached hydrogen (secondary N) is 1. The Morgan fingerprint density at radius 1 is 1.35 bits per heavy atom. The molecule has 6 heteroatoms. The lowest BCUT2D eigenvalue weighted by Gasteiger charge is -2.28. The molecule has 0 unspecified atom stereocenters. The molecule has 0 aliphatic rings. The molecule has 0 saturated heterocycles. The summed E-state index contributed by atoms with van der Waals surface area (Å²) in [7, 11) is 0. The number of H-pyrrole nitrogens is 1. The fourth-order valence-corrected chi connectivity index (χ4v) is 2.82. The first kappa shape index (κ1) is 15.3. The van der Waals surface area contributed by atoms with Crippen molar-refractivity contribution in [2.24, 2.45) is 0 Å². The second-order valence-electron chi connectivity index (χ2n) is 4.85. The van der Waals surface area contributed by atoms with Gasteiger partial charge in [0.15, 0.2) is 5.82 Å². The van der Waals surface area contributed by atoms with Crippen LogP contribution in [0.15, 0.2) is 24.5 Å². The molecule has 108 valence electrons. The smallest absolute Gasteiger partial charge is 0.153 e. The molecule has 1 aromatic carbocycles. The monoisotopic (exact) mass is 313 g/mol. The van der Waals surface area contributed by atoms with E-state index in [1.54, 1.807) is 18.2 Å². The Bertz CT molecular complexity index is 560. The van der Waals surface area contributed by atoms with E-state index in [9.17, 15) is 5.11 Å². The quantitative estimate of drug-likeness (QED) is 0.854. The average Bonchev–Trinajstić information content (AvgIpc) is 2.88. The topological polar surface area (TPSA) is 61.8 Å². The van der Waals surface area contributed by atoms with Crippen LogP contribution in [0.1, 0.15) is 37.6 Å². The summed E-state index contributed by atoms with van der Waals surface area (Å²) in [6.45, 7) is 2.08. The first-order valence-corrected chi connectivity index (χ1v) is 7.33. The van der Waals surface area contributed by atoms with Gasteiger partial charge in [0.1, 0.15) is 6.33 Å². The highest BCUT2D eigenvalue weighted by Crippen LogP contribution is 2.36. The van der Waals surface area contributed by atoms with Gasteiger partial charge < -0.3 is 5.11 Å². The maximum Gasteiger partial charge on any atom is 0.153 e. The number of aliphatic hydroxyl groups is 1. The zero-order valence-electron chi connectivity index (χ0n) is 11.2. The molecule has 2 N–H and O–H groups in total. The zero-order valence-corrected chi connectivity index (χ0v) is 12.7. The van der Waals surface area contributed by atoms with Crippen molar-refractivity contribution in [3.8, 4) is 0 Å². The standard InChI is InChI=1S/C14H17Cl2N3O/c1-2-3-6-14(20,8-13-17-9-18-19-13)11-5-4-10(15)7-12(11)16/h4-5,7,9,20H,2-3,6,8H2,1H3,(H,17,18,19)/t14-/m0/s1. The molecule has 0 aliphatic carbocycles. The van der Waals surface area contributed by atoms with Crippen LogP contribution in [0.3, 0.4) is 0 Å². The Kier molecular flexibility index (Phi) is 5.02. The van der Waals surface area contributed by atoms with Crippen molar-refractivity contribution in [1.82, 2.24) is 15.2 Å². The van der Waals surface area contributed by atoms with Crippen LogP contribution in [0.2, 0.25) is 10.0 Å². The lowest BCUT2D eigenvalue weighted by molar-refractivity contribution is 0.0236. The number of halogens is 2. The Labute approximate surface area is 128 Å². The van der Waals surface area contributed by atoms with E-state index in [1.807, 2.05) is 0 Å². The fourth-order valence-electron chi connectivity index (χ4n) is 2.24. The van der Waals surface area contributed by atoms with Crippen LogP contribution < -0.4 is 0 Å². The van der Waals surface area contributed by atoms with Gasteiger partial charge in [-0.25, -0.2) is 4.98 Å². The number of aromatic nitrogens is 3. The van der Waals surface area contributed by atoms with Crippen LogP contribution in [0.25, 0.3) is 0 Å². The fraction of sp³-hybridized carbons (Fsp3) is 0.429. The van der Waals surface area contributed by atoms with Gasteiger partial charge in [-0.1, -0.05) is 49.0 Å². The molecule has 1 heterocycles. The molecule has 20 heavy (non-hydrogen) atoms. The van der Waals surface area contributed by atoms with Crippen LogP contribution >= 0.6 is 23.2 Å². The lowest BCUT2D eigenvalue weighted by Crippen LogP contribution is -2.29. The van der Waals surface area contributed by atoms with E-state index in [2.05, 4.69) is 22.1 Å². The molecule has 0 fully saturated rings. The number of aromatic amines is 1. The maximum atomic E-state index is 11.0. The minimum atomic E-state index is -1.08. The highest BCUT2D eigenvalue weighted by atomic mass is 35.5. The molecule has 2 rings (SSSR count). The number of hydrogen-bond donors (Lipinski definition) is 2. The molecule has 0 aliphatic heterocycles. The molecule has 0 saturated carbocycles. The highest BCUT2D eigenvalue weighted by molar-refractivity contribution is 6.35. The predicted octanol–water partition coefficient (Wildman–Crippen LogP) is 3.73. The Balaban J connectivity index is 2.34. The molecule has 0 bridgehead atoms. The highest BCUT2D eigenvalue weighted by Gasteiger charge is 2.32. The number of benzene rings is 1. The van der Waals surface area contributed by atoms with E-state index in [1.165, 1.54) is 6.33 Å². The van der Waals surface area contributed by atoms with Gasteiger partial charge >= 0.3 is 0 Å². The number of rotatable bonds is 6. The summed E-state index contributed by atoms with van der Waals surface area (Å²) in [5, 5.41) is 18.7. The molecule has 4 nitrogen and oxygen atoms in total.